The number of nitrogens with zero attached hydrogens (tertiary/aromatic N) is 1. The Morgan fingerprint density at radius 3 is 2.75 bits per heavy atom. The maximum atomic E-state index is 12.7. The first-order chi connectivity index (χ1) is 11.6. The van der Waals surface area contributed by atoms with Crippen molar-refractivity contribution < 1.29 is 19.4 Å². The first-order valence-electron chi connectivity index (χ1n) is 8.01. The number of carboxylic acid groups (broad SMARTS) is 1. The Morgan fingerprint density at radius 1 is 1.33 bits per heavy atom. The van der Waals surface area contributed by atoms with Gasteiger partial charge in [-0.3, -0.25) is 4.79 Å². The molecule has 126 valence electrons. The van der Waals surface area contributed by atoms with Crippen LogP contribution in [0.15, 0.2) is 36.4 Å². The Bertz CT molecular complexity index is 752. The van der Waals surface area contributed by atoms with Gasteiger partial charge in [0.25, 0.3) is 5.91 Å². The molecule has 0 radical (unpaired) electrons. The molecular formula is C18H20N2O4. The second kappa shape index (κ2) is 6.88. The maximum Gasteiger partial charge on any atom is 0.337 e. The van der Waals surface area contributed by atoms with Crippen LogP contribution in [0, 0.1) is 0 Å². The van der Waals surface area contributed by atoms with Gasteiger partial charge < -0.3 is 19.7 Å². The number of aromatic carboxylic acids is 1. The number of ether oxygens (including phenoxy) is 1. The Labute approximate surface area is 140 Å². The third-order valence-electron chi connectivity index (χ3n) is 4.29. The van der Waals surface area contributed by atoms with Crippen molar-refractivity contribution in [2.24, 2.45) is 0 Å². The molecule has 6 nitrogen and oxygen atoms in total. The van der Waals surface area contributed by atoms with Gasteiger partial charge in [0.2, 0.25) is 0 Å². The van der Waals surface area contributed by atoms with Gasteiger partial charge in [0, 0.05) is 6.54 Å². The molecule has 2 heterocycles. The highest BCUT2D eigenvalue weighted by Crippen LogP contribution is 2.23. The largest absolute Gasteiger partial charge is 0.478 e. The van der Waals surface area contributed by atoms with Crippen molar-refractivity contribution in [2.45, 2.75) is 32.5 Å². The molecule has 1 aromatic carbocycles. The second-order valence-corrected chi connectivity index (χ2v) is 5.74. The average molecular weight is 328 g/mol. The van der Waals surface area contributed by atoms with Gasteiger partial charge in [-0.15, -0.1) is 0 Å². The van der Waals surface area contributed by atoms with Crippen LogP contribution in [-0.4, -0.2) is 28.2 Å². The summed E-state index contributed by atoms with van der Waals surface area (Å²) in [5.41, 5.74) is 2.08. The lowest BCUT2D eigenvalue weighted by atomic mass is 10.0. The molecule has 6 heteroatoms. The fraction of sp³-hybridized carbons (Fsp3) is 0.333. The molecule has 24 heavy (non-hydrogen) atoms. The lowest BCUT2D eigenvalue weighted by Gasteiger charge is -2.21. The van der Waals surface area contributed by atoms with E-state index in [-0.39, 0.29) is 24.1 Å². The minimum Gasteiger partial charge on any atom is -0.478 e. The summed E-state index contributed by atoms with van der Waals surface area (Å²) in [6, 6.07) is 11.1. The summed E-state index contributed by atoms with van der Waals surface area (Å²) in [5.74, 6) is -1.31. The molecule has 1 aromatic heterocycles. The van der Waals surface area contributed by atoms with Crippen LogP contribution in [0.3, 0.4) is 0 Å². The minimum absolute atomic E-state index is 0.113. The highest BCUT2D eigenvalue weighted by molar-refractivity contribution is 5.98. The summed E-state index contributed by atoms with van der Waals surface area (Å²) < 4.78 is 7.09. The SMILES string of the molecule is CC[C@@H](NC(=O)c1cc(C(=O)O)c2n1CCOC2)c1ccccc1. The number of carbonyl (C=O) groups excluding carboxylic acids is 1. The topological polar surface area (TPSA) is 80.6 Å². The fourth-order valence-corrected chi connectivity index (χ4v) is 3.04. The van der Waals surface area contributed by atoms with E-state index in [1.165, 1.54) is 6.07 Å². The molecule has 0 fully saturated rings. The summed E-state index contributed by atoms with van der Waals surface area (Å²) in [5, 5.41) is 12.3. The Balaban J connectivity index is 1.88. The number of hydrogen-bond donors (Lipinski definition) is 2. The molecular weight excluding hydrogens is 308 g/mol. The van der Waals surface area contributed by atoms with E-state index in [2.05, 4.69) is 5.32 Å². The summed E-state index contributed by atoms with van der Waals surface area (Å²) in [4.78, 5) is 24.1. The van der Waals surface area contributed by atoms with E-state index < -0.39 is 5.97 Å². The quantitative estimate of drug-likeness (QED) is 0.884. The number of benzene rings is 1. The number of hydrogen-bond acceptors (Lipinski definition) is 3. The number of carboxylic acids is 1. The van der Waals surface area contributed by atoms with Crippen LogP contribution >= 0.6 is 0 Å². The predicted octanol–water partition coefficient (Wildman–Crippen LogP) is 2.60. The average Bonchev–Trinajstić information content (AvgIpc) is 3.00. The van der Waals surface area contributed by atoms with Crippen molar-refractivity contribution >= 4 is 11.9 Å². The van der Waals surface area contributed by atoms with Crippen LogP contribution in [0.1, 0.15) is 51.5 Å². The fourth-order valence-electron chi connectivity index (χ4n) is 3.04. The van der Waals surface area contributed by atoms with Crippen molar-refractivity contribution in [3.8, 4) is 0 Å². The molecule has 0 aliphatic carbocycles. The monoisotopic (exact) mass is 328 g/mol. The number of amides is 1. The van der Waals surface area contributed by atoms with Crippen LogP contribution in [0.2, 0.25) is 0 Å². The van der Waals surface area contributed by atoms with Crippen LogP contribution < -0.4 is 5.32 Å². The molecule has 1 aliphatic heterocycles. The Morgan fingerprint density at radius 2 is 2.08 bits per heavy atom. The zero-order chi connectivity index (χ0) is 17.1. The van der Waals surface area contributed by atoms with Gasteiger partial charge in [-0.2, -0.15) is 0 Å². The molecule has 1 aliphatic rings. The first kappa shape index (κ1) is 16.3. The van der Waals surface area contributed by atoms with Gasteiger partial charge in [0.15, 0.2) is 0 Å². The lowest BCUT2D eigenvalue weighted by Crippen LogP contribution is -2.31. The summed E-state index contributed by atoms with van der Waals surface area (Å²) in [6.45, 7) is 3.16. The smallest absolute Gasteiger partial charge is 0.337 e. The Hall–Kier alpha value is -2.60. The van der Waals surface area contributed by atoms with Crippen LogP contribution in [-0.2, 0) is 17.9 Å². The number of rotatable bonds is 5. The van der Waals surface area contributed by atoms with Gasteiger partial charge in [-0.1, -0.05) is 37.3 Å². The maximum absolute atomic E-state index is 12.7. The summed E-state index contributed by atoms with van der Waals surface area (Å²) >= 11 is 0. The number of fused-ring (bicyclic) bond motifs is 1. The van der Waals surface area contributed by atoms with E-state index in [4.69, 9.17) is 4.74 Å². The highest BCUT2D eigenvalue weighted by Gasteiger charge is 2.26. The summed E-state index contributed by atoms with van der Waals surface area (Å²) in [7, 11) is 0. The van der Waals surface area contributed by atoms with Crippen molar-refractivity contribution in [3.63, 3.8) is 0 Å². The van der Waals surface area contributed by atoms with E-state index in [0.717, 1.165) is 12.0 Å². The van der Waals surface area contributed by atoms with Crippen molar-refractivity contribution in [1.82, 2.24) is 9.88 Å². The van der Waals surface area contributed by atoms with Crippen LogP contribution in [0.4, 0.5) is 0 Å². The van der Waals surface area contributed by atoms with E-state index in [1.54, 1.807) is 4.57 Å². The van der Waals surface area contributed by atoms with E-state index in [0.29, 0.717) is 24.5 Å². The van der Waals surface area contributed by atoms with Gasteiger partial charge in [-0.25, -0.2) is 4.79 Å². The zero-order valence-corrected chi connectivity index (χ0v) is 13.5. The normalized spacial score (nSPS) is 14.7. The van der Waals surface area contributed by atoms with Crippen molar-refractivity contribution in [1.29, 1.82) is 0 Å². The minimum atomic E-state index is -1.04. The van der Waals surface area contributed by atoms with Crippen LogP contribution in [0.25, 0.3) is 0 Å². The van der Waals surface area contributed by atoms with Gasteiger partial charge in [-0.05, 0) is 18.1 Å². The van der Waals surface area contributed by atoms with Crippen molar-refractivity contribution in [3.05, 3.63) is 58.9 Å². The number of aromatic nitrogens is 1. The molecule has 0 spiro atoms. The number of carbonyl (C=O) groups is 2. The van der Waals surface area contributed by atoms with Gasteiger partial charge >= 0.3 is 5.97 Å². The van der Waals surface area contributed by atoms with E-state index in [9.17, 15) is 14.7 Å². The van der Waals surface area contributed by atoms with E-state index >= 15 is 0 Å². The Kier molecular flexibility index (Phi) is 4.66. The third kappa shape index (κ3) is 3.05. The number of nitrogens with one attached hydrogen (secondary N) is 1. The van der Waals surface area contributed by atoms with Crippen molar-refractivity contribution in [2.75, 3.05) is 6.61 Å². The molecule has 3 rings (SSSR count). The standard InChI is InChI=1S/C18H20N2O4/c1-2-14(12-6-4-3-5-7-12)19-17(21)15-10-13(18(22)23)16-11-24-9-8-20(15)16/h3-7,10,14H,2,8-9,11H2,1H3,(H,19,21)(H,22,23)/t14-/m1/s1. The molecule has 0 saturated heterocycles. The summed E-state index contributed by atoms with van der Waals surface area (Å²) in [6.07, 6.45) is 0.748. The lowest BCUT2D eigenvalue weighted by molar-refractivity contribution is 0.0656. The zero-order valence-electron chi connectivity index (χ0n) is 13.5. The van der Waals surface area contributed by atoms with E-state index in [1.807, 2.05) is 37.3 Å². The van der Waals surface area contributed by atoms with Gasteiger partial charge in [0.1, 0.15) is 5.69 Å². The molecule has 0 unspecified atom stereocenters. The highest BCUT2D eigenvalue weighted by atomic mass is 16.5. The molecule has 2 N–H and O–H groups in total. The predicted molar refractivity (Wildman–Crippen MR) is 88.0 cm³/mol. The molecule has 2 aromatic rings. The van der Waals surface area contributed by atoms with Gasteiger partial charge in [0.05, 0.1) is 30.5 Å². The molecule has 1 atom stereocenters. The van der Waals surface area contributed by atoms with Crippen LogP contribution in [0.5, 0.6) is 0 Å². The molecule has 1 amide bonds. The first-order valence-corrected chi connectivity index (χ1v) is 8.01. The molecule has 0 bridgehead atoms. The third-order valence-corrected chi connectivity index (χ3v) is 4.29. The molecule has 0 saturated carbocycles. The second-order valence-electron chi connectivity index (χ2n) is 5.74.